The van der Waals surface area contributed by atoms with Crippen molar-refractivity contribution in [2.75, 3.05) is 18.0 Å². The number of anilines is 1. The van der Waals surface area contributed by atoms with E-state index in [1.807, 2.05) is 24.3 Å². The number of rotatable bonds is 4. The SMILES string of the molecule is CC(=O)c1ccc2c(c1)N(CCc1ccccc1)CC(C)O2. The molecule has 3 rings (SSSR count). The molecule has 3 heteroatoms. The molecular weight excluding hydrogens is 274 g/mol. The van der Waals surface area contributed by atoms with E-state index in [0.717, 1.165) is 36.5 Å². The third-order valence-corrected chi connectivity index (χ3v) is 4.03. The minimum absolute atomic E-state index is 0.0874. The highest BCUT2D eigenvalue weighted by molar-refractivity contribution is 5.95. The van der Waals surface area contributed by atoms with Crippen LogP contribution in [0.3, 0.4) is 0 Å². The van der Waals surface area contributed by atoms with E-state index in [0.29, 0.717) is 0 Å². The van der Waals surface area contributed by atoms with Crippen LogP contribution >= 0.6 is 0 Å². The van der Waals surface area contributed by atoms with Gasteiger partial charge in [-0.3, -0.25) is 4.79 Å². The van der Waals surface area contributed by atoms with Gasteiger partial charge in [0.1, 0.15) is 11.9 Å². The lowest BCUT2D eigenvalue weighted by molar-refractivity contribution is 0.101. The van der Waals surface area contributed by atoms with E-state index < -0.39 is 0 Å². The summed E-state index contributed by atoms with van der Waals surface area (Å²) in [5.74, 6) is 0.959. The summed E-state index contributed by atoms with van der Waals surface area (Å²) in [6, 6.07) is 16.2. The summed E-state index contributed by atoms with van der Waals surface area (Å²) in [5, 5.41) is 0. The molecule has 0 spiro atoms. The van der Waals surface area contributed by atoms with E-state index in [2.05, 4.69) is 36.1 Å². The smallest absolute Gasteiger partial charge is 0.159 e. The summed E-state index contributed by atoms with van der Waals surface area (Å²) in [4.78, 5) is 13.9. The van der Waals surface area contributed by atoms with Crippen molar-refractivity contribution in [3.8, 4) is 5.75 Å². The number of hydrogen-bond acceptors (Lipinski definition) is 3. The number of carbonyl (C=O) groups excluding carboxylic acids is 1. The van der Waals surface area contributed by atoms with E-state index in [1.54, 1.807) is 6.92 Å². The lowest BCUT2D eigenvalue weighted by atomic mass is 10.1. The number of benzene rings is 2. The van der Waals surface area contributed by atoms with Crippen LogP contribution in [0.2, 0.25) is 0 Å². The fraction of sp³-hybridized carbons (Fsp3) is 0.316. The van der Waals surface area contributed by atoms with Crippen LogP contribution in [0.4, 0.5) is 5.69 Å². The van der Waals surface area contributed by atoms with Gasteiger partial charge in [-0.2, -0.15) is 0 Å². The second-order valence-corrected chi connectivity index (χ2v) is 5.85. The molecule has 0 saturated heterocycles. The van der Waals surface area contributed by atoms with Crippen LogP contribution in [0, 0.1) is 0 Å². The lowest BCUT2D eigenvalue weighted by Gasteiger charge is -2.35. The first-order chi connectivity index (χ1) is 10.6. The van der Waals surface area contributed by atoms with Crippen molar-refractivity contribution in [3.63, 3.8) is 0 Å². The van der Waals surface area contributed by atoms with E-state index in [4.69, 9.17) is 4.74 Å². The first kappa shape index (κ1) is 14.6. The number of nitrogens with zero attached hydrogens (tertiary/aromatic N) is 1. The Balaban J connectivity index is 1.83. The maximum Gasteiger partial charge on any atom is 0.159 e. The van der Waals surface area contributed by atoms with Gasteiger partial charge in [-0.1, -0.05) is 30.3 Å². The molecule has 0 aromatic heterocycles. The molecule has 0 aliphatic carbocycles. The van der Waals surface area contributed by atoms with Crippen molar-refractivity contribution in [2.45, 2.75) is 26.4 Å². The van der Waals surface area contributed by atoms with Crippen LogP contribution in [0.15, 0.2) is 48.5 Å². The molecule has 2 aromatic rings. The van der Waals surface area contributed by atoms with Crippen LogP contribution in [0.25, 0.3) is 0 Å². The number of hydrogen-bond donors (Lipinski definition) is 0. The Morgan fingerprint density at radius 3 is 2.73 bits per heavy atom. The zero-order valence-corrected chi connectivity index (χ0v) is 13.1. The quantitative estimate of drug-likeness (QED) is 0.805. The maximum atomic E-state index is 11.6. The molecule has 0 radical (unpaired) electrons. The zero-order valence-electron chi connectivity index (χ0n) is 13.1. The van der Waals surface area contributed by atoms with Crippen LogP contribution < -0.4 is 9.64 Å². The van der Waals surface area contributed by atoms with Gasteiger partial charge in [0.15, 0.2) is 5.78 Å². The summed E-state index contributed by atoms with van der Waals surface area (Å²) < 4.78 is 5.90. The normalized spacial score (nSPS) is 16.8. The second-order valence-electron chi connectivity index (χ2n) is 5.85. The van der Waals surface area contributed by atoms with E-state index in [-0.39, 0.29) is 11.9 Å². The molecule has 3 nitrogen and oxygen atoms in total. The number of Topliss-reactive ketones (excluding diaryl/α,β-unsaturated/α-hetero) is 1. The summed E-state index contributed by atoms with van der Waals surface area (Å²) in [6.07, 6.45) is 1.14. The molecule has 0 N–H and O–H groups in total. The van der Waals surface area contributed by atoms with Crippen LogP contribution in [0.1, 0.15) is 29.8 Å². The maximum absolute atomic E-state index is 11.6. The van der Waals surface area contributed by atoms with Gasteiger partial charge in [-0.25, -0.2) is 0 Å². The molecule has 22 heavy (non-hydrogen) atoms. The molecule has 114 valence electrons. The molecule has 1 heterocycles. The first-order valence-corrected chi connectivity index (χ1v) is 7.74. The van der Waals surface area contributed by atoms with Crippen molar-refractivity contribution >= 4 is 11.5 Å². The lowest BCUT2D eigenvalue weighted by Crippen LogP contribution is -2.39. The molecule has 1 unspecified atom stereocenters. The van der Waals surface area contributed by atoms with Crippen LogP contribution in [-0.4, -0.2) is 25.0 Å². The Bertz CT molecular complexity index is 666. The highest BCUT2D eigenvalue weighted by atomic mass is 16.5. The van der Waals surface area contributed by atoms with Crippen molar-refractivity contribution < 1.29 is 9.53 Å². The first-order valence-electron chi connectivity index (χ1n) is 7.74. The van der Waals surface area contributed by atoms with Gasteiger partial charge in [-0.15, -0.1) is 0 Å². The summed E-state index contributed by atoms with van der Waals surface area (Å²) in [5.41, 5.74) is 3.09. The highest BCUT2D eigenvalue weighted by Gasteiger charge is 2.23. The topological polar surface area (TPSA) is 29.5 Å². The Morgan fingerprint density at radius 1 is 1.23 bits per heavy atom. The van der Waals surface area contributed by atoms with Crippen molar-refractivity contribution in [1.29, 1.82) is 0 Å². The standard InChI is InChI=1S/C19H21NO2/c1-14-13-20(11-10-16-6-4-3-5-7-16)18-12-17(15(2)21)8-9-19(18)22-14/h3-9,12,14H,10-11,13H2,1-2H3. The van der Waals surface area contributed by atoms with Gasteiger partial charge in [0.05, 0.1) is 12.2 Å². The second kappa shape index (κ2) is 6.22. The van der Waals surface area contributed by atoms with Crippen molar-refractivity contribution in [2.24, 2.45) is 0 Å². The molecule has 0 fully saturated rings. The van der Waals surface area contributed by atoms with Crippen molar-refractivity contribution in [3.05, 3.63) is 59.7 Å². The molecule has 1 aliphatic rings. The monoisotopic (exact) mass is 295 g/mol. The van der Waals surface area contributed by atoms with Gasteiger partial charge in [0, 0.05) is 12.1 Å². The average molecular weight is 295 g/mol. The average Bonchev–Trinajstić information content (AvgIpc) is 2.53. The van der Waals surface area contributed by atoms with Crippen LogP contribution in [0.5, 0.6) is 5.75 Å². The van der Waals surface area contributed by atoms with Gasteiger partial charge >= 0.3 is 0 Å². The van der Waals surface area contributed by atoms with Crippen molar-refractivity contribution in [1.82, 2.24) is 0 Å². The molecular formula is C19H21NO2. The number of carbonyl (C=O) groups is 1. The Kier molecular flexibility index (Phi) is 4.14. The van der Waals surface area contributed by atoms with Gasteiger partial charge in [0.25, 0.3) is 0 Å². The van der Waals surface area contributed by atoms with E-state index in [9.17, 15) is 4.79 Å². The zero-order chi connectivity index (χ0) is 15.5. The fourth-order valence-corrected chi connectivity index (χ4v) is 2.87. The Morgan fingerprint density at radius 2 is 2.00 bits per heavy atom. The molecule has 0 amide bonds. The molecule has 2 aromatic carbocycles. The fourth-order valence-electron chi connectivity index (χ4n) is 2.87. The Hall–Kier alpha value is -2.29. The third kappa shape index (κ3) is 3.14. The Labute approximate surface area is 131 Å². The summed E-state index contributed by atoms with van der Waals surface area (Å²) in [7, 11) is 0. The number of ketones is 1. The third-order valence-electron chi connectivity index (χ3n) is 4.03. The molecule has 1 atom stereocenters. The molecule has 0 bridgehead atoms. The number of fused-ring (bicyclic) bond motifs is 1. The highest BCUT2D eigenvalue weighted by Crippen LogP contribution is 2.34. The molecule has 1 aliphatic heterocycles. The summed E-state index contributed by atoms with van der Waals surface area (Å²) in [6.45, 7) is 5.45. The largest absolute Gasteiger partial charge is 0.487 e. The predicted molar refractivity (Wildman–Crippen MR) is 88.9 cm³/mol. The minimum atomic E-state index is 0.0874. The van der Waals surface area contributed by atoms with Gasteiger partial charge < -0.3 is 9.64 Å². The van der Waals surface area contributed by atoms with Gasteiger partial charge in [-0.05, 0) is 44.0 Å². The predicted octanol–water partition coefficient (Wildman–Crippen LogP) is 3.72. The minimum Gasteiger partial charge on any atom is -0.487 e. The molecule has 0 saturated carbocycles. The van der Waals surface area contributed by atoms with E-state index >= 15 is 0 Å². The van der Waals surface area contributed by atoms with E-state index in [1.165, 1.54) is 5.56 Å². The van der Waals surface area contributed by atoms with Gasteiger partial charge in [0.2, 0.25) is 0 Å². The summed E-state index contributed by atoms with van der Waals surface area (Å²) >= 11 is 0. The number of ether oxygens (including phenoxy) is 1. The van der Waals surface area contributed by atoms with Crippen LogP contribution in [-0.2, 0) is 6.42 Å².